The molecule has 1 aromatic rings. The standard InChI is InChI=1S/C20H28N2O4/c1-12(2)21(13(3)4)10-11-22-18(15-6-8-16(24)9-7-15)17(14(5)23)19(25)20(22)26/h6-9,12-13,17-18,24H,10-11H2,1-5H3. The minimum absolute atomic E-state index is 0.0983. The van der Waals surface area contributed by atoms with Gasteiger partial charge in [0.05, 0.1) is 6.04 Å². The molecular weight excluding hydrogens is 332 g/mol. The first-order chi connectivity index (χ1) is 12.1. The fraction of sp³-hybridized carbons (Fsp3) is 0.550. The van der Waals surface area contributed by atoms with Crippen LogP contribution >= 0.6 is 0 Å². The fourth-order valence-corrected chi connectivity index (χ4v) is 3.75. The number of carbonyl (C=O) groups excluding carboxylic acids is 3. The van der Waals surface area contributed by atoms with E-state index in [1.54, 1.807) is 12.1 Å². The van der Waals surface area contributed by atoms with Gasteiger partial charge >= 0.3 is 0 Å². The highest BCUT2D eigenvalue weighted by Crippen LogP contribution is 2.37. The molecule has 0 saturated carbocycles. The molecular formula is C20H28N2O4. The second-order valence-electron chi connectivity index (χ2n) is 7.41. The predicted molar refractivity (Wildman–Crippen MR) is 98.7 cm³/mol. The number of likely N-dealkylation sites (tertiary alicyclic amines) is 1. The number of nitrogens with zero attached hydrogens (tertiary/aromatic N) is 2. The lowest BCUT2D eigenvalue weighted by Gasteiger charge is -2.34. The summed E-state index contributed by atoms with van der Waals surface area (Å²) >= 11 is 0. The van der Waals surface area contributed by atoms with E-state index in [2.05, 4.69) is 32.6 Å². The van der Waals surface area contributed by atoms with Crippen LogP contribution in [0, 0.1) is 5.92 Å². The summed E-state index contributed by atoms with van der Waals surface area (Å²) in [5, 5.41) is 9.52. The van der Waals surface area contributed by atoms with E-state index in [-0.39, 0.29) is 11.5 Å². The maximum atomic E-state index is 12.6. The van der Waals surface area contributed by atoms with E-state index in [9.17, 15) is 19.5 Å². The van der Waals surface area contributed by atoms with Gasteiger partial charge in [-0.2, -0.15) is 0 Å². The first-order valence-electron chi connectivity index (χ1n) is 9.05. The van der Waals surface area contributed by atoms with Crippen LogP contribution in [0.5, 0.6) is 5.75 Å². The van der Waals surface area contributed by atoms with Gasteiger partial charge in [0.1, 0.15) is 17.5 Å². The molecule has 2 rings (SSSR count). The summed E-state index contributed by atoms with van der Waals surface area (Å²) in [6.45, 7) is 10.7. The highest BCUT2D eigenvalue weighted by atomic mass is 16.3. The summed E-state index contributed by atoms with van der Waals surface area (Å²) in [6.07, 6.45) is 0. The number of carbonyl (C=O) groups is 3. The van der Waals surface area contributed by atoms with Crippen LogP contribution in [0.3, 0.4) is 0 Å². The summed E-state index contributed by atoms with van der Waals surface area (Å²) in [5.74, 6) is -2.44. The molecule has 0 radical (unpaired) electrons. The highest BCUT2D eigenvalue weighted by molar-refractivity contribution is 6.42. The number of amides is 1. The van der Waals surface area contributed by atoms with E-state index >= 15 is 0 Å². The van der Waals surface area contributed by atoms with Crippen molar-refractivity contribution in [3.8, 4) is 5.75 Å². The largest absolute Gasteiger partial charge is 0.508 e. The van der Waals surface area contributed by atoms with Crippen LogP contribution in [0.1, 0.15) is 46.2 Å². The van der Waals surface area contributed by atoms with Gasteiger partial charge < -0.3 is 10.0 Å². The number of phenolic OH excluding ortho intramolecular Hbond substituents is 1. The molecule has 1 fully saturated rings. The van der Waals surface area contributed by atoms with Gasteiger partial charge in [0.15, 0.2) is 0 Å². The molecule has 1 N–H and O–H groups in total. The van der Waals surface area contributed by atoms with Gasteiger partial charge in [-0.1, -0.05) is 12.1 Å². The third kappa shape index (κ3) is 3.96. The van der Waals surface area contributed by atoms with Crippen molar-refractivity contribution in [3.63, 3.8) is 0 Å². The Balaban J connectivity index is 2.34. The number of hydrogen-bond acceptors (Lipinski definition) is 5. The average molecular weight is 360 g/mol. The number of rotatable bonds is 7. The van der Waals surface area contributed by atoms with Crippen molar-refractivity contribution in [2.24, 2.45) is 5.92 Å². The Morgan fingerprint density at radius 3 is 2.12 bits per heavy atom. The van der Waals surface area contributed by atoms with Crippen molar-refractivity contribution in [3.05, 3.63) is 29.8 Å². The fourth-order valence-electron chi connectivity index (χ4n) is 3.75. The zero-order valence-corrected chi connectivity index (χ0v) is 16.1. The summed E-state index contributed by atoms with van der Waals surface area (Å²) < 4.78 is 0. The maximum Gasteiger partial charge on any atom is 0.291 e. The number of phenols is 1. The van der Waals surface area contributed by atoms with Crippen LogP contribution in [-0.2, 0) is 14.4 Å². The second kappa shape index (κ2) is 7.99. The van der Waals surface area contributed by atoms with Gasteiger partial charge in [0.25, 0.3) is 5.91 Å². The Morgan fingerprint density at radius 2 is 1.65 bits per heavy atom. The number of aromatic hydroxyl groups is 1. The van der Waals surface area contributed by atoms with Crippen LogP contribution in [0.4, 0.5) is 0 Å². The van der Waals surface area contributed by atoms with Gasteiger partial charge in [0.2, 0.25) is 5.78 Å². The summed E-state index contributed by atoms with van der Waals surface area (Å²) in [4.78, 5) is 40.9. The van der Waals surface area contributed by atoms with Crippen LogP contribution < -0.4 is 0 Å². The Labute approximate surface area is 154 Å². The molecule has 0 bridgehead atoms. The van der Waals surface area contributed by atoms with E-state index in [0.717, 1.165) is 0 Å². The van der Waals surface area contributed by atoms with Gasteiger partial charge in [0, 0.05) is 25.2 Å². The van der Waals surface area contributed by atoms with Crippen LogP contribution in [0.15, 0.2) is 24.3 Å². The molecule has 26 heavy (non-hydrogen) atoms. The minimum Gasteiger partial charge on any atom is -0.508 e. The molecule has 2 atom stereocenters. The number of benzene rings is 1. The molecule has 2 unspecified atom stereocenters. The summed E-state index contributed by atoms with van der Waals surface area (Å²) in [6, 6.07) is 6.33. The van der Waals surface area contributed by atoms with Crippen molar-refractivity contribution in [2.45, 2.75) is 52.7 Å². The molecule has 6 nitrogen and oxygen atoms in total. The van der Waals surface area contributed by atoms with E-state index in [4.69, 9.17) is 0 Å². The monoisotopic (exact) mass is 360 g/mol. The van der Waals surface area contributed by atoms with E-state index in [0.29, 0.717) is 30.7 Å². The Morgan fingerprint density at radius 1 is 1.12 bits per heavy atom. The molecule has 1 aliphatic rings. The number of ketones is 2. The average Bonchev–Trinajstić information content (AvgIpc) is 2.80. The predicted octanol–water partition coefficient (Wildman–Crippen LogP) is 2.17. The van der Waals surface area contributed by atoms with Crippen molar-refractivity contribution in [1.82, 2.24) is 9.80 Å². The number of Topliss-reactive ketones (excluding diaryl/α,β-unsaturated/α-hetero) is 2. The molecule has 1 amide bonds. The van der Waals surface area contributed by atoms with Crippen LogP contribution in [0.2, 0.25) is 0 Å². The molecule has 6 heteroatoms. The zero-order chi connectivity index (χ0) is 19.6. The van der Waals surface area contributed by atoms with Crippen molar-refractivity contribution in [2.75, 3.05) is 13.1 Å². The van der Waals surface area contributed by atoms with Crippen LogP contribution in [0.25, 0.3) is 0 Å². The minimum atomic E-state index is -0.987. The topological polar surface area (TPSA) is 77.9 Å². The Hall–Kier alpha value is -2.21. The van der Waals surface area contributed by atoms with E-state index < -0.39 is 23.7 Å². The molecule has 0 spiro atoms. The molecule has 1 aliphatic heterocycles. The smallest absolute Gasteiger partial charge is 0.291 e. The van der Waals surface area contributed by atoms with Crippen molar-refractivity contribution >= 4 is 17.5 Å². The normalized spacial score (nSPS) is 20.7. The molecule has 0 aliphatic carbocycles. The lowest BCUT2D eigenvalue weighted by atomic mass is 9.90. The highest BCUT2D eigenvalue weighted by Gasteiger charge is 2.50. The Kier molecular flexibility index (Phi) is 6.18. The first-order valence-corrected chi connectivity index (χ1v) is 9.05. The third-order valence-electron chi connectivity index (χ3n) is 5.00. The van der Waals surface area contributed by atoms with Crippen molar-refractivity contribution in [1.29, 1.82) is 0 Å². The first kappa shape index (κ1) is 20.1. The summed E-state index contributed by atoms with van der Waals surface area (Å²) in [5.41, 5.74) is 0.683. The van der Waals surface area contributed by atoms with Crippen LogP contribution in [-0.4, -0.2) is 57.6 Å². The molecule has 142 valence electrons. The third-order valence-corrected chi connectivity index (χ3v) is 5.00. The molecule has 1 heterocycles. The number of hydrogen-bond donors (Lipinski definition) is 1. The molecule has 1 saturated heterocycles. The lowest BCUT2D eigenvalue weighted by Crippen LogP contribution is -2.44. The maximum absolute atomic E-state index is 12.6. The zero-order valence-electron chi connectivity index (χ0n) is 16.1. The van der Waals surface area contributed by atoms with E-state index in [1.807, 2.05) is 0 Å². The van der Waals surface area contributed by atoms with Crippen molar-refractivity contribution < 1.29 is 19.5 Å². The summed E-state index contributed by atoms with van der Waals surface area (Å²) in [7, 11) is 0. The quantitative estimate of drug-likeness (QED) is 0.596. The van der Waals surface area contributed by atoms with Gasteiger partial charge in [-0.15, -0.1) is 0 Å². The molecule has 0 aromatic heterocycles. The van der Waals surface area contributed by atoms with Gasteiger partial charge in [-0.05, 0) is 52.3 Å². The van der Waals surface area contributed by atoms with Gasteiger partial charge in [-0.3, -0.25) is 19.3 Å². The molecule has 1 aromatic carbocycles. The second-order valence-corrected chi connectivity index (χ2v) is 7.41. The Bertz CT molecular complexity index is 674. The lowest BCUT2D eigenvalue weighted by molar-refractivity contribution is -0.142. The SMILES string of the molecule is CC(=O)C1C(=O)C(=O)N(CCN(C(C)C)C(C)C)C1c1ccc(O)cc1. The van der Waals surface area contributed by atoms with E-state index in [1.165, 1.54) is 24.0 Å². The van der Waals surface area contributed by atoms with Gasteiger partial charge in [-0.25, -0.2) is 0 Å².